The van der Waals surface area contributed by atoms with Gasteiger partial charge >= 0.3 is 5.97 Å². The number of hydrogen-bond donors (Lipinski definition) is 2. The lowest BCUT2D eigenvalue weighted by Gasteiger charge is -2.24. The smallest absolute Gasteiger partial charge is 0.309 e. The van der Waals surface area contributed by atoms with Gasteiger partial charge < -0.3 is 19.9 Å². The molecule has 1 aliphatic rings. The second-order valence-electron chi connectivity index (χ2n) is 6.19. The molecule has 6 nitrogen and oxygen atoms in total. The van der Waals surface area contributed by atoms with Crippen molar-refractivity contribution in [2.24, 2.45) is 5.41 Å². The van der Waals surface area contributed by atoms with Crippen LogP contribution in [0.1, 0.15) is 46.5 Å². The minimum atomic E-state index is -0.865. The van der Waals surface area contributed by atoms with Gasteiger partial charge in [-0.05, 0) is 46.5 Å². The molecular weight excluding hydrogens is 274 g/mol. The van der Waals surface area contributed by atoms with E-state index in [2.05, 4.69) is 5.32 Å². The topological polar surface area (TPSA) is 84.9 Å². The summed E-state index contributed by atoms with van der Waals surface area (Å²) in [6.07, 6.45) is 3.11. The van der Waals surface area contributed by atoms with E-state index in [1.165, 1.54) is 0 Å². The van der Waals surface area contributed by atoms with Gasteiger partial charge in [-0.1, -0.05) is 0 Å². The fraction of sp³-hybridized carbons (Fsp3) is 0.867. The first-order valence-electron chi connectivity index (χ1n) is 7.57. The van der Waals surface area contributed by atoms with Crippen LogP contribution in [0.2, 0.25) is 0 Å². The summed E-state index contributed by atoms with van der Waals surface area (Å²) in [5, 5.41) is 11.7. The number of amides is 1. The van der Waals surface area contributed by atoms with Crippen molar-refractivity contribution >= 4 is 11.9 Å². The van der Waals surface area contributed by atoms with Crippen molar-refractivity contribution in [3.63, 3.8) is 0 Å². The van der Waals surface area contributed by atoms with Gasteiger partial charge in [0, 0.05) is 13.2 Å². The second-order valence-corrected chi connectivity index (χ2v) is 6.19. The van der Waals surface area contributed by atoms with Crippen LogP contribution in [-0.4, -0.2) is 48.9 Å². The van der Waals surface area contributed by atoms with Crippen LogP contribution in [0.15, 0.2) is 0 Å². The summed E-state index contributed by atoms with van der Waals surface area (Å²) in [4.78, 5) is 22.8. The molecule has 0 radical (unpaired) electrons. The van der Waals surface area contributed by atoms with E-state index in [1.54, 1.807) is 20.8 Å². The van der Waals surface area contributed by atoms with Gasteiger partial charge in [-0.2, -0.15) is 0 Å². The van der Waals surface area contributed by atoms with Crippen molar-refractivity contribution in [1.82, 2.24) is 5.32 Å². The van der Waals surface area contributed by atoms with Gasteiger partial charge in [-0.15, -0.1) is 0 Å². The standard InChI is InChI=1S/C15H27NO5/c1-11(21-10-12-6-4-5-9-20-12)13(17)16-8-7-15(2,3)14(18)19/h11-12H,4-10H2,1-3H3,(H,16,17)(H,18,19). The van der Waals surface area contributed by atoms with E-state index in [-0.39, 0.29) is 12.0 Å². The molecule has 21 heavy (non-hydrogen) atoms. The predicted molar refractivity (Wildman–Crippen MR) is 78.0 cm³/mol. The number of hydrogen-bond acceptors (Lipinski definition) is 4. The zero-order valence-electron chi connectivity index (χ0n) is 13.2. The highest BCUT2D eigenvalue weighted by Gasteiger charge is 2.27. The van der Waals surface area contributed by atoms with Gasteiger partial charge in [0.2, 0.25) is 5.91 Å². The number of carbonyl (C=O) groups is 2. The first kappa shape index (κ1) is 17.9. The highest BCUT2D eigenvalue weighted by molar-refractivity contribution is 5.80. The van der Waals surface area contributed by atoms with Crippen LogP contribution >= 0.6 is 0 Å². The Morgan fingerprint density at radius 2 is 2.14 bits per heavy atom. The molecule has 0 aromatic rings. The molecule has 2 atom stereocenters. The summed E-state index contributed by atoms with van der Waals surface area (Å²) < 4.78 is 11.1. The van der Waals surface area contributed by atoms with Gasteiger partial charge in [0.15, 0.2) is 0 Å². The first-order chi connectivity index (χ1) is 9.83. The van der Waals surface area contributed by atoms with Crippen LogP contribution in [0.25, 0.3) is 0 Å². The largest absolute Gasteiger partial charge is 0.481 e. The van der Waals surface area contributed by atoms with Crippen molar-refractivity contribution < 1.29 is 24.2 Å². The lowest BCUT2D eigenvalue weighted by atomic mass is 9.90. The Kier molecular flexibility index (Phi) is 7.11. The first-order valence-corrected chi connectivity index (χ1v) is 7.57. The molecule has 2 unspecified atom stereocenters. The number of aliphatic carboxylic acids is 1. The van der Waals surface area contributed by atoms with E-state index < -0.39 is 17.5 Å². The van der Waals surface area contributed by atoms with Crippen LogP contribution in [0.4, 0.5) is 0 Å². The lowest BCUT2D eigenvalue weighted by molar-refractivity contribution is -0.147. The number of ether oxygens (including phenoxy) is 2. The van der Waals surface area contributed by atoms with Gasteiger partial charge in [0.25, 0.3) is 0 Å². The monoisotopic (exact) mass is 301 g/mol. The average Bonchev–Trinajstić information content (AvgIpc) is 2.45. The highest BCUT2D eigenvalue weighted by atomic mass is 16.5. The van der Waals surface area contributed by atoms with E-state index in [1.807, 2.05) is 0 Å². The van der Waals surface area contributed by atoms with E-state index in [0.717, 1.165) is 25.9 Å². The van der Waals surface area contributed by atoms with E-state index in [9.17, 15) is 9.59 Å². The molecule has 0 aromatic heterocycles. The summed E-state index contributed by atoms with van der Waals surface area (Å²) in [5.74, 6) is -1.08. The predicted octanol–water partition coefficient (Wildman–Crippen LogP) is 1.58. The number of carboxylic acid groups (broad SMARTS) is 1. The quantitative estimate of drug-likeness (QED) is 0.711. The molecule has 0 aliphatic carbocycles. The van der Waals surface area contributed by atoms with Gasteiger partial charge in [0.1, 0.15) is 6.10 Å². The highest BCUT2D eigenvalue weighted by Crippen LogP contribution is 2.19. The summed E-state index contributed by atoms with van der Waals surface area (Å²) in [6.45, 7) is 6.49. The summed E-state index contributed by atoms with van der Waals surface area (Å²) in [7, 11) is 0. The molecule has 2 N–H and O–H groups in total. The number of carboxylic acids is 1. The molecule has 1 saturated heterocycles. The molecule has 1 aliphatic heterocycles. The Balaban J connectivity index is 2.20. The molecule has 122 valence electrons. The van der Waals surface area contributed by atoms with E-state index in [4.69, 9.17) is 14.6 Å². The minimum absolute atomic E-state index is 0.0833. The van der Waals surface area contributed by atoms with Crippen molar-refractivity contribution in [2.45, 2.75) is 58.7 Å². The maximum absolute atomic E-state index is 11.8. The van der Waals surface area contributed by atoms with Crippen molar-refractivity contribution in [1.29, 1.82) is 0 Å². The van der Waals surface area contributed by atoms with Gasteiger partial charge in [-0.3, -0.25) is 9.59 Å². The normalized spacial score (nSPS) is 20.8. The molecule has 0 spiro atoms. The Morgan fingerprint density at radius 1 is 1.43 bits per heavy atom. The maximum Gasteiger partial charge on any atom is 0.309 e. The number of nitrogens with one attached hydrogen (secondary N) is 1. The maximum atomic E-state index is 11.8. The van der Waals surface area contributed by atoms with Gasteiger partial charge in [0.05, 0.1) is 18.1 Å². The van der Waals surface area contributed by atoms with Crippen LogP contribution < -0.4 is 5.32 Å². The Morgan fingerprint density at radius 3 is 2.71 bits per heavy atom. The molecule has 6 heteroatoms. The SMILES string of the molecule is CC(OCC1CCCCO1)C(=O)NCCC(C)(C)C(=O)O. The lowest BCUT2D eigenvalue weighted by Crippen LogP contribution is -2.39. The van der Waals surface area contributed by atoms with Crippen LogP contribution in [0.5, 0.6) is 0 Å². The van der Waals surface area contributed by atoms with Crippen LogP contribution in [0.3, 0.4) is 0 Å². The summed E-state index contributed by atoms with van der Waals surface area (Å²) >= 11 is 0. The zero-order chi connectivity index (χ0) is 15.9. The third-order valence-electron chi connectivity index (χ3n) is 3.80. The zero-order valence-corrected chi connectivity index (χ0v) is 13.2. The molecule has 0 aromatic carbocycles. The van der Waals surface area contributed by atoms with E-state index in [0.29, 0.717) is 19.6 Å². The molecule has 1 amide bonds. The summed E-state index contributed by atoms with van der Waals surface area (Å²) in [5.41, 5.74) is -0.840. The fourth-order valence-electron chi connectivity index (χ4n) is 2.02. The average molecular weight is 301 g/mol. The fourth-order valence-corrected chi connectivity index (χ4v) is 2.02. The molecule has 1 heterocycles. The third kappa shape index (κ3) is 6.44. The minimum Gasteiger partial charge on any atom is -0.481 e. The molecule has 1 fully saturated rings. The Bertz CT molecular complexity index is 350. The summed E-state index contributed by atoms with van der Waals surface area (Å²) in [6, 6.07) is 0. The van der Waals surface area contributed by atoms with Crippen LogP contribution in [-0.2, 0) is 19.1 Å². The van der Waals surface area contributed by atoms with Crippen LogP contribution in [0, 0.1) is 5.41 Å². The molecule has 1 rings (SSSR count). The second kappa shape index (κ2) is 8.34. The molecule has 0 saturated carbocycles. The van der Waals surface area contributed by atoms with Crippen molar-refractivity contribution in [3.05, 3.63) is 0 Å². The Hall–Kier alpha value is -1.14. The third-order valence-corrected chi connectivity index (χ3v) is 3.80. The Labute approximate surface area is 126 Å². The molecular formula is C15H27NO5. The van der Waals surface area contributed by atoms with Crippen molar-refractivity contribution in [2.75, 3.05) is 19.8 Å². The van der Waals surface area contributed by atoms with E-state index >= 15 is 0 Å². The molecule has 0 bridgehead atoms. The van der Waals surface area contributed by atoms with Gasteiger partial charge in [-0.25, -0.2) is 0 Å². The number of rotatable bonds is 8. The van der Waals surface area contributed by atoms with Crippen molar-refractivity contribution in [3.8, 4) is 0 Å². The number of carbonyl (C=O) groups excluding carboxylic acids is 1.